The maximum Gasteiger partial charge on any atom is 0.302 e. The lowest BCUT2D eigenvalue weighted by molar-refractivity contribution is -0.244. The van der Waals surface area contributed by atoms with Crippen molar-refractivity contribution < 1.29 is 38.1 Å². The SMILES string of the molecule is COc1ccc(COC[C@]23C(=O)C[C@H]([Si](C)(C)c4ccccc4)C[C@H]2CC(=O)[C@@H]2[C@@H]3[C@H](OC(C)=O)C[C@]3(C)[C@@H](CO[Si](c4ccccc4)(c4ccccc4)C(C)(C)C)CC[C@]23O)cc1. The lowest BCUT2D eigenvalue weighted by Gasteiger charge is -2.64. The molecule has 0 amide bonds. The average molecular weight is 901 g/mol. The number of hydrogen-bond donors (Lipinski definition) is 1. The first-order chi connectivity index (χ1) is 30.4. The third-order valence-electron chi connectivity index (χ3n) is 16.8. The normalized spacial score (nSPS) is 30.5. The van der Waals surface area contributed by atoms with Gasteiger partial charge in [-0.05, 0) is 76.2 Å². The summed E-state index contributed by atoms with van der Waals surface area (Å²) in [7, 11) is -3.53. The Morgan fingerprint density at radius 3 is 1.95 bits per heavy atom. The third kappa shape index (κ3) is 7.68. The fourth-order valence-corrected chi connectivity index (χ4v) is 21.0. The maximum atomic E-state index is 15.7. The average Bonchev–Trinajstić information content (AvgIpc) is 3.53. The highest BCUT2D eigenvalue weighted by molar-refractivity contribution is 6.99. The molecule has 0 spiro atoms. The van der Waals surface area contributed by atoms with Crippen molar-refractivity contribution in [2.24, 2.45) is 34.5 Å². The lowest BCUT2D eigenvalue weighted by Crippen LogP contribution is -2.73. The van der Waals surface area contributed by atoms with E-state index in [2.05, 4.69) is 114 Å². The molecule has 4 aliphatic rings. The molecule has 9 atom stereocenters. The molecule has 4 aliphatic carbocycles. The molecule has 0 bridgehead atoms. The van der Waals surface area contributed by atoms with E-state index in [1.807, 2.05) is 42.5 Å². The van der Waals surface area contributed by atoms with Crippen molar-refractivity contribution in [2.75, 3.05) is 20.3 Å². The van der Waals surface area contributed by atoms with E-state index in [0.717, 1.165) is 11.3 Å². The highest BCUT2D eigenvalue weighted by atomic mass is 28.4. The van der Waals surface area contributed by atoms with Crippen LogP contribution in [0.15, 0.2) is 115 Å². The van der Waals surface area contributed by atoms with Gasteiger partial charge in [0.2, 0.25) is 0 Å². The number of ether oxygens (including phenoxy) is 3. The van der Waals surface area contributed by atoms with Crippen LogP contribution in [0, 0.1) is 34.5 Å². The number of benzene rings is 4. The van der Waals surface area contributed by atoms with Gasteiger partial charge in [-0.3, -0.25) is 14.4 Å². The molecule has 8 nitrogen and oxygen atoms in total. The quantitative estimate of drug-likeness (QED) is 0.105. The standard InChI is InChI=1S/C54H68O8Si2/c1-37(55)62-47-33-52(5)39(35-61-64(51(2,3)4,43-20-14-10-15-21-43)44-22-16-11-17-23-44)28-29-54(52,58)49-46(56)31-40-30-45(63(7,8)42-18-12-9-13-19-42)32-48(57)53(40,50(47)49)36-60-34-38-24-26-41(59-6)27-25-38/h9-27,39-40,45,47,49-50,58H,28-36H2,1-8H3/t39-,40+,45-,47-,49-,50+,52-,53-,54+/m1/s1. The summed E-state index contributed by atoms with van der Waals surface area (Å²) in [5, 5.41) is 17.0. The van der Waals surface area contributed by atoms with E-state index in [1.165, 1.54) is 22.5 Å². The van der Waals surface area contributed by atoms with E-state index < -0.39 is 56.7 Å². The van der Waals surface area contributed by atoms with Gasteiger partial charge >= 0.3 is 5.97 Å². The molecule has 0 radical (unpaired) electrons. The van der Waals surface area contributed by atoms with Crippen LogP contribution < -0.4 is 20.3 Å². The molecule has 4 aromatic carbocycles. The molecule has 4 fully saturated rings. The number of methoxy groups -OCH3 is 1. The van der Waals surface area contributed by atoms with E-state index in [4.69, 9.17) is 18.6 Å². The smallest absolute Gasteiger partial charge is 0.302 e. The molecular formula is C54H68O8Si2. The highest BCUT2D eigenvalue weighted by Crippen LogP contribution is 2.69. The van der Waals surface area contributed by atoms with Crippen molar-refractivity contribution in [3.8, 4) is 5.75 Å². The van der Waals surface area contributed by atoms with Crippen LogP contribution in [0.4, 0.5) is 0 Å². The molecule has 10 heteroatoms. The summed E-state index contributed by atoms with van der Waals surface area (Å²) in [5.74, 6) is -1.85. The molecule has 0 aliphatic heterocycles. The second-order valence-electron chi connectivity index (χ2n) is 21.3. The molecule has 8 rings (SSSR count). The van der Waals surface area contributed by atoms with Crippen molar-refractivity contribution in [1.29, 1.82) is 0 Å². The number of rotatable bonds is 13. The van der Waals surface area contributed by atoms with Crippen molar-refractivity contribution in [1.82, 2.24) is 0 Å². The minimum atomic E-state index is -2.96. The number of esters is 1. The Morgan fingerprint density at radius 2 is 1.41 bits per heavy atom. The van der Waals surface area contributed by atoms with E-state index >= 15 is 9.59 Å². The van der Waals surface area contributed by atoms with Crippen molar-refractivity contribution >= 4 is 49.5 Å². The van der Waals surface area contributed by atoms with Crippen LogP contribution in [0.1, 0.15) is 78.7 Å². The molecule has 0 saturated heterocycles. The minimum Gasteiger partial charge on any atom is -0.497 e. The van der Waals surface area contributed by atoms with Crippen LogP contribution in [-0.2, 0) is 34.9 Å². The molecule has 4 saturated carbocycles. The summed E-state index contributed by atoms with van der Waals surface area (Å²) < 4.78 is 26.1. The Kier molecular flexibility index (Phi) is 12.7. The van der Waals surface area contributed by atoms with Gasteiger partial charge in [0.25, 0.3) is 8.32 Å². The van der Waals surface area contributed by atoms with Gasteiger partial charge in [-0.25, -0.2) is 0 Å². The van der Waals surface area contributed by atoms with Gasteiger partial charge in [0.15, 0.2) is 0 Å². The summed E-state index contributed by atoms with van der Waals surface area (Å²) in [6.45, 7) is 15.7. The van der Waals surface area contributed by atoms with Crippen LogP contribution in [0.3, 0.4) is 0 Å². The molecule has 64 heavy (non-hydrogen) atoms. The highest BCUT2D eigenvalue weighted by Gasteiger charge is 2.75. The first kappa shape index (κ1) is 46.3. The third-order valence-corrected chi connectivity index (χ3v) is 26.2. The van der Waals surface area contributed by atoms with Gasteiger partial charge in [-0.2, -0.15) is 0 Å². The molecule has 4 aromatic rings. The summed E-state index contributed by atoms with van der Waals surface area (Å²) in [6, 6.07) is 39.3. The summed E-state index contributed by atoms with van der Waals surface area (Å²) in [6.07, 6.45) is 1.74. The fourth-order valence-electron chi connectivity index (χ4n) is 13.3. The summed E-state index contributed by atoms with van der Waals surface area (Å²) in [4.78, 5) is 44.3. The van der Waals surface area contributed by atoms with Gasteiger partial charge < -0.3 is 23.7 Å². The van der Waals surface area contributed by atoms with E-state index in [9.17, 15) is 9.90 Å². The summed E-state index contributed by atoms with van der Waals surface area (Å²) in [5.41, 5.74) is -2.44. The molecular weight excluding hydrogens is 833 g/mol. The number of hydrogen-bond acceptors (Lipinski definition) is 8. The zero-order valence-corrected chi connectivity index (χ0v) is 41.1. The molecule has 0 unspecified atom stereocenters. The van der Waals surface area contributed by atoms with E-state index in [0.29, 0.717) is 38.7 Å². The predicted octanol–water partition coefficient (Wildman–Crippen LogP) is 8.43. The lowest BCUT2D eigenvalue weighted by atomic mass is 9.41. The van der Waals surface area contributed by atoms with Crippen molar-refractivity contribution in [2.45, 2.75) is 115 Å². The first-order valence-electron chi connectivity index (χ1n) is 23.4. The molecule has 1 N–H and O–H groups in total. The van der Waals surface area contributed by atoms with Crippen molar-refractivity contribution in [3.63, 3.8) is 0 Å². The van der Waals surface area contributed by atoms with Crippen molar-refractivity contribution in [3.05, 3.63) is 121 Å². The minimum absolute atomic E-state index is 0.0347. The first-order valence-corrected chi connectivity index (χ1v) is 28.4. The molecule has 340 valence electrons. The van der Waals surface area contributed by atoms with Gasteiger partial charge in [0.05, 0.1) is 45.3 Å². The zero-order valence-electron chi connectivity index (χ0n) is 39.1. The molecule has 0 aromatic heterocycles. The van der Waals surface area contributed by atoms with Crippen LogP contribution in [-0.4, -0.2) is 71.1 Å². The predicted molar refractivity (Wildman–Crippen MR) is 256 cm³/mol. The Morgan fingerprint density at radius 1 is 0.828 bits per heavy atom. The van der Waals surface area contributed by atoms with Gasteiger partial charge in [0.1, 0.15) is 23.4 Å². The Hall–Kier alpha value is -4.20. The largest absolute Gasteiger partial charge is 0.497 e. The van der Waals surface area contributed by atoms with Crippen LogP contribution >= 0.6 is 0 Å². The van der Waals surface area contributed by atoms with Gasteiger partial charge in [0, 0.05) is 37.7 Å². The Labute approximate surface area is 382 Å². The second-order valence-corrected chi connectivity index (χ2v) is 30.4. The number of ketones is 2. The van der Waals surface area contributed by atoms with Crippen LogP contribution in [0.5, 0.6) is 5.75 Å². The zero-order chi connectivity index (χ0) is 45.7. The Bertz CT molecular complexity index is 2260. The number of carbonyl (C=O) groups excluding carboxylic acids is 3. The fraction of sp³-hybridized carbons (Fsp3) is 0.500. The number of Topliss-reactive ketones (excluding diaryl/α,β-unsaturated/α-hetero) is 2. The van der Waals surface area contributed by atoms with E-state index in [-0.39, 0.29) is 53.6 Å². The molecule has 0 heterocycles. The van der Waals surface area contributed by atoms with Crippen LogP contribution in [0.25, 0.3) is 0 Å². The number of carbonyl (C=O) groups is 3. The van der Waals surface area contributed by atoms with Gasteiger partial charge in [-0.1, -0.05) is 149 Å². The maximum absolute atomic E-state index is 15.7. The monoisotopic (exact) mass is 900 g/mol. The summed E-state index contributed by atoms with van der Waals surface area (Å²) >= 11 is 0. The van der Waals surface area contributed by atoms with E-state index in [1.54, 1.807) is 7.11 Å². The number of fused-ring (bicyclic) bond motifs is 5. The topological polar surface area (TPSA) is 108 Å². The number of aliphatic hydroxyl groups is 1. The van der Waals surface area contributed by atoms with Gasteiger partial charge in [-0.15, -0.1) is 0 Å². The second kappa shape index (κ2) is 17.6. The van der Waals surface area contributed by atoms with Crippen LogP contribution in [0.2, 0.25) is 23.7 Å². The Balaban J connectivity index is 1.18.